The van der Waals surface area contributed by atoms with Crippen molar-refractivity contribution < 1.29 is 19.8 Å². The number of amides is 2. The minimum atomic E-state index is -0.639. The molecule has 4 aliphatic carbocycles. The molecule has 0 spiro atoms. The van der Waals surface area contributed by atoms with Crippen LogP contribution in [0.15, 0.2) is 0 Å². The molecule has 5 rings (SSSR count). The van der Waals surface area contributed by atoms with Gasteiger partial charge in [0.2, 0.25) is 11.8 Å². The van der Waals surface area contributed by atoms with Crippen LogP contribution in [0, 0.1) is 22.7 Å². The Kier molecular flexibility index (Phi) is 7.50. The Morgan fingerprint density at radius 2 is 1.75 bits per heavy atom. The van der Waals surface area contributed by atoms with Crippen LogP contribution in [0.4, 0.5) is 5.13 Å². The van der Waals surface area contributed by atoms with Crippen LogP contribution in [0.25, 0.3) is 0 Å². The Labute approximate surface area is 218 Å². The highest BCUT2D eigenvalue weighted by Crippen LogP contribution is 2.62. The second-order valence-corrected chi connectivity index (χ2v) is 13.5. The molecule has 4 aliphatic rings. The fourth-order valence-electron chi connectivity index (χ4n) is 7.81. The summed E-state index contributed by atoms with van der Waals surface area (Å²) in [5, 5.41) is 28.4. The van der Waals surface area contributed by atoms with Crippen molar-refractivity contribution in [3.8, 4) is 0 Å². The van der Waals surface area contributed by atoms with E-state index >= 15 is 0 Å². The third-order valence-electron chi connectivity index (χ3n) is 10.2. The number of carbonyl (C=O) groups is 2. The summed E-state index contributed by atoms with van der Waals surface area (Å²) in [5.41, 5.74) is 0.0338. The predicted molar refractivity (Wildman–Crippen MR) is 141 cm³/mol. The van der Waals surface area contributed by atoms with Gasteiger partial charge in [-0.1, -0.05) is 46.0 Å². The lowest BCUT2D eigenvalue weighted by Gasteiger charge is -2.58. The van der Waals surface area contributed by atoms with Gasteiger partial charge in [0.1, 0.15) is 0 Å². The lowest BCUT2D eigenvalue weighted by Crippen LogP contribution is -2.57. The summed E-state index contributed by atoms with van der Waals surface area (Å²) < 4.78 is 0. The second kappa shape index (κ2) is 10.3. The van der Waals surface area contributed by atoms with Gasteiger partial charge in [-0.3, -0.25) is 9.59 Å². The van der Waals surface area contributed by atoms with E-state index in [0.29, 0.717) is 24.4 Å². The average molecular weight is 518 g/mol. The first kappa shape index (κ1) is 26.1. The topological polar surface area (TPSA) is 112 Å². The average Bonchev–Trinajstić information content (AvgIpc) is 3.53. The van der Waals surface area contributed by atoms with E-state index < -0.39 is 11.5 Å². The summed E-state index contributed by atoms with van der Waals surface area (Å²) in [6, 6.07) is 0.265. The number of aromatic nitrogens is 1. The van der Waals surface area contributed by atoms with E-state index in [1.807, 2.05) is 6.92 Å². The number of thiazole rings is 1. The van der Waals surface area contributed by atoms with Crippen LogP contribution in [-0.4, -0.2) is 45.8 Å². The lowest BCUT2D eigenvalue weighted by molar-refractivity contribution is -0.144. The van der Waals surface area contributed by atoms with Crippen LogP contribution >= 0.6 is 11.3 Å². The minimum Gasteiger partial charge on any atom is -0.396 e. The van der Waals surface area contributed by atoms with Gasteiger partial charge in [-0.25, -0.2) is 4.98 Å². The number of anilines is 1. The third-order valence-corrected chi connectivity index (χ3v) is 11.2. The number of nitrogens with one attached hydrogen (secondary N) is 2. The molecule has 1 aromatic rings. The maximum absolute atomic E-state index is 13.3. The van der Waals surface area contributed by atoms with Crippen LogP contribution in [-0.2, 0) is 16.0 Å². The quantitative estimate of drug-likeness (QED) is 0.443. The molecule has 200 valence electrons. The Morgan fingerprint density at radius 1 is 1.06 bits per heavy atom. The molecular formula is C28H43N3O4S. The van der Waals surface area contributed by atoms with Gasteiger partial charge in [-0.2, -0.15) is 0 Å². The zero-order chi connectivity index (χ0) is 25.5. The zero-order valence-electron chi connectivity index (χ0n) is 21.9. The van der Waals surface area contributed by atoms with Gasteiger partial charge < -0.3 is 20.8 Å². The molecule has 3 saturated carbocycles. The molecule has 0 radical (unpaired) electrons. The van der Waals surface area contributed by atoms with E-state index in [-0.39, 0.29) is 47.6 Å². The van der Waals surface area contributed by atoms with Crippen LogP contribution in [0.2, 0.25) is 0 Å². The number of hydrogen-bond acceptors (Lipinski definition) is 6. The van der Waals surface area contributed by atoms with Crippen molar-refractivity contribution in [2.75, 3.05) is 11.9 Å². The maximum atomic E-state index is 13.3. The van der Waals surface area contributed by atoms with Gasteiger partial charge in [0.15, 0.2) is 5.13 Å². The molecule has 8 heteroatoms. The Hall–Kier alpha value is -1.51. The predicted octanol–water partition coefficient (Wildman–Crippen LogP) is 4.53. The van der Waals surface area contributed by atoms with Crippen LogP contribution in [0.5, 0.6) is 0 Å². The van der Waals surface area contributed by atoms with Crippen molar-refractivity contribution in [3.63, 3.8) is 0 Å². The Balaban J connectivity index is 1.44. The summed E-state index contributed by atoms with van der Waals surface area (Å²) >= 11 is 1.52. The summed E-state index contributed by atoms with van der Waals surface area (Å²) in [6.45, 7) is 4.13. The molecule has 0 saturated heterocycles. The molecule has 2 amide bonds. The summed E-state index contributed by atoms with van der Waals surface area (Å²) in [5.74, 6) is 0.106. The smallest absolute Gasteiger partial charge is 0.229 e. The van der Waals surface area contributed by atoms with E-state index in [2.05, 4.69) is 17.6 Å². The van der Waals surface area contributed by atoms with E-state index in [0.717, 1.165) is 55.5 Å². The Bertz CT molecular complexity index is 970. The van der Waals surface area contributed by atoms with Crippen molar-refractivity contribution in [1.82, 2.24) is 10.3 Å². The minimum absolute atomic E-state index is 0.0258. The molecule has 1 aromatic heterocycles. The monoisotopic (exact) mass is 517 g/mol. The first-order chi connectivity index (χ1) is 17.2. The molecule has 5 unspecified atom stereocenters. The number of fused-ring (bicyclic) bond motifs is 2. The number of aliphatic hydroxyl groups is 2. The molecule has 1 heterocycles. The molecular weight excluding hydrogens is 474 g/mol. The standard InChI is InChI=1S/C28H43N3O4S/c1-27-13-12-22(33)28(2,16-32)21(27)15-20-24(19(27)14-23(34)29-18-10-6-7-11-18)30-26(36-20)31-25(35)17-8-4-3-5-9-17/h17-19,21-22,32-33H,3-16H2,1-2H3,(H,29,34)(H,30,31,35). The highest BCUT2D eigenvalue weighted by atomic mass is 32.1. The molecule has 0 aromatic carbocycles. The molecule has 36 heavy (non-hydrogen) atoms. The van der Waals surface area contributed by atoms with Crippen molar-refractivity contribution in [1.29, 1.82) is 0 Å². The third kappa shape index (κ3) is 4.73. The van der Waals surface area contributed by atoms with Crippen LogP contribution in [0.1, 0.15) is 107 Å². The van der Waals surface area contributed by atoms with Crippen molar-refractivity contribution in [2.24, 2.45) is 22.7 Å². The lowest BCUT2D eigenvalue weighted by atomic mass is 9.47. The largest absolute Gasteiger partial charge is 0.396 e. The second-order valence-electron chi connectivity index (χ2n) is 12.4. The van der Waals surface area contributed by atoms with Gasteiger partial charge in [-0.05, 0) is 56.3 Å². The van der Waals surface area contributed by atoms with Gasteiger partial charge in [0, 0.05) is 34.6 Å². The van der Waals surface area contributed by atoms with E-state index in [1.165, 1.54) is 30.6 Å². The van der Waals surface area contributed by atoms with E-state index in [1.54, 1.807) is 0 Å². The molecule has 4 N–H and O–H groups in total. The number of rotatable bonds is 6. The van der Waals surface area contributed by atoms with Crippen LogP contribution < -0.4 is 10.6 Å². The van der Waals surface area contributed by atoms with E-state index in [9.17, 15) is 19.8 Å². The van der Waals surface area contributed by atoms with E-state index in [4.69, 9.17) is 4.98 Å². The van der Waals surface area contributed by atoms with Crippen molar-refractivity contribution >= 4 is 28.3 Å². The highest BCUT2D eigenvalue weighted by molar-refractivity contribution is 7.15. The molecule has 3 fully saturated rings. The maximum Gasteiger partial charge on any atom is 0.229 e. The number of carbonyl (C=O) groups excluding carboxylic acids is 2. The highest BCUT2D eigenvalue weighted by Gasteiger charge is 2.59. The fourth-order valence-corrected chi connectivity index (χ4v) is 8.89. The summed E-state index contributed by atoms with van der Waals surface area (Å²) in [7, 11) is 0. The first-order valence-corrected chi connectivity index (χ1v) is 14.9. The normalized spacial score (nSPS) is 35.2. The molecule has 0 aliphatic heterocycles. The summed E-state index contributed by atoms with van der Waals surface area (Å²) in [6.07, 6.45) is 11.6. The summed E-state index contributed by atoms with van der Waals surface area (Å²) in [4.78, 5) is 32.3. The van der Waals surface area contributed by atoms with Crippen LogP contribution in [0.3, 0.4) is 0 Å². The van der Waals surface area contributed by atoms with Gasteiger partial charge >= 0.3 is 0 Å². The molecule has 0 bridgehead atoms. The molecule has 5 atom stereocenters. The fraction of sp³-hybridized carbons (Fsp3) is 0.821. The SMILES string of the molecule is CC1(CO)C(O)CCC2(C)C(CC(=O)NC3CCCC3)c3nc(NC(=O)C4CCCCC4)sc3CC12. The van der Waals surface area contributed by atoms with Gasteiger partial charge in [-0.15, -0.1) is 11.3 Å². The van der Waals surface area contributed by atoms with Crippen molar-refractivity contribution in [2.45, 2.75) is 115 Å². The molecule has 7 nitrogen and oxygen atoms in total. The number of aliphatic hydroxyl groups excluding tert-OH is 2. The zero-order valence-corrected chi connectivity index (χ0v) is 22.7. The van der Waals surface area contributed by atoms with Gasteiger partial charge in [0.05, 0.1) is 18.4 Å². The number of hydrogen-bond donors (Lipinski definition) is 4. The Morgan fingerprint density at radius 3 is 2.44 bits per heavy atom. The number of nitrogens with zero attached hydrogens (tertiary/aromatic N) is 1. The first-order valence-electron chi connectivity index (χ1n) is 14.1. The van der Waals surface area contributed by atoms with Gasteiger partial charge in [0.25, 0.3) is 0 Å². The van der Waals surface area contributed by atoms with Crippen molar-refractivity contribution in [3.05, 3.63) is 10.6 Å².